The second-order valence-electron chi connectivity index (χ2n) is 4.41. The summed E-state index contributed by atoms with van der Waals surface area (Å²) < 4.78 is 6.47. The number of aliphatic hydroxyl groups is 1. The topological polar surface area (TPSA) is 68.3 Å². The number of hydrogen-bond acceptors (Lipinski definition) is 4. The van der Waals surface area contributed by atoms with Crippen LogP contribution in [0.2, 0.25) is 0 Å². The van der Waals surface area contributed by atoms with Gasteiger partial charge in [-0.2, -0.15) is 0 Å². The predicted octanol–water partition coefficient (Wildman–Crippen LogP) is 1.15. The summed E-state index contributed by atoms with van der Waals surface area (Å²) in [7, 11) is 0. The van der Waals surface area contributed by atoms with Crippen LogP contribution in [0.25, 0.3) is 11.2 Å². The molecule has 0 atom stereocenters. The highest BCUT2D eigenvalue weighted by atomic mass is 16.4. The van der Waals surface area contributed by atoms with E-state index in [0.717, 1.165) is 0 Å². The summed E-state index contributed by atoms with van der Waals surface area (Å²) >= 11 is 0. The van der Waals surface area contributed by atoms with Gasteiger partial charge in [0.05, 0.1) is 5.60 Å². The van der Waals surface area contributed by atoms with E-state index < -0.39 is 11.4 Å². The van der Waals surface area contributed by atoms with Gasteiger partial charge in [0.2, 0.25) is 0 Å². The van der Waals surface area contributed by atoms with Crippen LogP contribution in [-0.2, 0) is 6.54 Å². The molecule has 2 aromatic heterocycles. The summed E-state index contributed by atoms with van der Waals surface area (Å²) in [4.78, 5) is 15.6. The van der Waals surface area contributed by atoms with E-state index in [0.29, 0.717) is 24.2 Å². The van der Waals surface area contributed by atoms with Gasteiger partial charge in [-0.15, -0.1) is 0 Å². The Morgan fingerprint density at radius 1 is 1.56 bits per heavy atom. The summed E-state index contributed by atoms with van der Waals surface area (Å²) in [6.45, 7) is 3.80. The van der Waals surface area contributed by atoms with E-state index >= 15 is 0 Å². The Balaban J connectivity index is 2.37. The minimum absolute atomic E-state index is 0.395. The van der Waals surface area contributed by atoms with E-state index in [-0.39, 0.29) is 0 Å². The van der Waals surface area contributed by atoms with Crippen molar-refractivity contribution < 1.29 is 9.52 Å². The lowest BCUT2D eigenvalue weighted by Crippen LogP contribution is -2.24. The Hall–Kier alpha value is -1.62. The van der Waals surface area contributed by atoms with Crippen LogP contribution in [-0.4, -0.2) is 20.3 Å². The highest BCUT2D eigenvalue weighted by molar-refractivity contribution is 5.67. The van der Waals surface area contributed by atoms with Gasteiger partial charge in [-0.1, -0.05) is 0 Å². The molecular formula is C11H14N2O3. The second-order valence-corrected chi connectivity index (χ2v) is 4.41. The van der Waals surface area contributed by atoms with Crippen LogP contribution in [0.15, 0.2) is 27.5 Å². The Kier molecular flexibility index (Phi) is 2.55. The summed E-state index contributed by atoms with van der Waals surface area (Å²) in [5.41, 5.74) is 0.192. The first kappa shape index (κ1) is 10.9. The van der Waals surface area contributed by atoms with Crippen molar-refractivity contribution in [2.45, 2.75) is 32.4 Å². The molecule has 0 aromatic carbocycles. The number of rotatable bonds is 3. The van der Waals surface area contributed by atoms with Gasteiger partial charge in [-0.3, -0.25) is 4.57 Å². The summed E-state index contributed by atoms with van der Waals surface area (Å²) in [5, 5.41) is 9.61. The number of fused-ring (bicyclic) bond motifs is 1. The molecule has 0 saturated heterocycles. The van der Waals surface area contributed by atoms with Crippen molar-refractivity contribution in [3.8, 4) is 0 Å². The van der Waals surface area contributed by atoms with Gasteiger partial charge in [-0.05, 0) is 32.4 Å². The number of nitrogens with zero attached hydrogens (tertiary/aromatic N) is 2. The van der Waals surface area contributed by atoms with E-state index in [1.807, 2.05) is 0 Å². The van der Waals surface area contributed by atoms with Gasteiger partial charge in [0, 0.05) is 12.7 Å². The molecule has 0 aliphatic carbocycles. The molecule has 0 radical (unpaired) electrons. The van der Waals surface area contributed by atoms with Gasteiger partial charge < -0.3 is 9.52 Å². The highest BCUT2D eigenvalue weighted by Gasteiger charge is 2.16. The molecule has 0 spiro atoms. The van der Waals surface area contributed by atoms with Crippen molar-refractivity contribution >= 4 is 11.2 Å². The standard InChI is InChI=1S/C11H14N2O3/c1-11(2,15)5-7-13-9-8(16-10(13)14)4-3-6-12-9/h3-4,6,15H,5,7H2,1-2H3. The van der Waals surface area contributed by atoms with Gasteiger partial charge in [0.25, 0.3) is 0 Å². The lowest BCUT2D eigenvalue weighted by Gasteiger charge is -2.16. The van der Waals surface area contributed by atoms with Crippen LogP contribution in [0.3, 0.4) is 0 Å². The van der Waals surface area contributed by atoms with Crippen molar-refractivity contribution in [2.24, 2.45) is 0 Å². The van der Waals surface area contributed by atoms with Crippen LogP contribution in [0.1, 0.15) is 20.3 Å². The van der Waals surface area contributed by atoms with Gasteiger partial charge in [0.15, 0.2) is 11.2 Å². The molecule has 0 saturated carbocycles. The fourth-order valence-corrected chi connectivity index (χ4v) is 1.48. The molecule has 5 heteroatoms. The fourth-order valence-electron chi connectivity index (χ4n) is 1.48. The first-order chi connectivity index (χ1) is 7.47. The monoisotopic (exact) mass is 222 g/mol. The maximum absolute atomic E-state index is 11.5. The number of aryl methyl sites for hydroxylation is 1. The summed E-state index contributed by atoms with van der Waals surface area (Å²) in [5.74, 6) is -0.432. The molecule has 16 heavy (non-hydrogen) atoms. The normalized spacial score (nSPS) is 12.2. The number of oxazole rings is 1. The Labute approximate surface area is 92.3 Å². The van der Waals surface area contributed by atoms with Crippen molar-refractivity contribution in [3.63, 3.8) is 0 Å². The lowest BCUT2D eigenvalue weighted by molar-refractivity contribution is 0.0659. The highest BCUT2D eigenvalue weighted by Crippen LogP contribution is 2.12. The first-order valence-corrected chi connectivity index (χ1v) is 5.14. The maximum Gasteiger partial charge on any atom is 0.421 e. The largest absolute Gasteiger partial charge is 0.421 e. The van der Waals surface area contributed by atoms with E-state index in [9.17, 15) is 9.90 Å². The third-order valence-electron chi connectivity index (χ3n) is 2.37. The molecule has 1 N–H and O–H groups in total. The molecule has 0 amide bonds. The molecule has 2 aromatic rings. The molecule has 0 unspecified atom stereocenters. The average molecular weight is 222 g/mol. The molecule has 0 aliphatic rings. The molecule has 0 fully saturated rings. The van der Waals surface area contributed by atoms with Crippen molar-refractivity contribution in [1.29, 1.82) is 0 Å². The quantitative estimate of drug-likeness (QED) is 0.845. The number of aromatic nitrogens is 2. The SMILES string of the molecule is CC(C)(O)CCn1c(=O)oc2cccnc21. The van der Waals surface area contributed by atoms with Crippen LogP contribution >= 0.6 is 0 Å². The lowest BCUT2D eigenvalue weighted by atomic mass is 10.1. The fraction of sp³-hybridized carbons (Fsp3) is 0.455. The van der Waals surface area contributed by atoms with E-state index in [1.54, 1.807) is 32.2 Å². The zero-order valence-electron chi connectivity index (χ0n) is 9.30. The van der Waals surface area contributed by atoms with Gasteiger partial charge in [0.1, 0.15) is 0 Å². The van der Waals surface area contributed by atoms with Crippen LogP contribution in [0.5, 0.6) is 0 Å². The van der Waals surface area contributed by atoms with E-state index in [2.05, 4.69) is 4.98 Å². The summed E-state index contributed by atoms with van der Waals surface area (Å²) in [6, 6.07) is 3.41. The molecular weight excluding hydrogens is 208 g/mol. The minimum atomic E-state index is -0.808. The van der Waals surface area contributed by atoms with E-state index in [4.69, 9.17) is 4.42 Å². The first-order valence-electron chi connectivity index (χ1n) is 5.14. The molecule has 2 heterocycles. The van der Waals surface area contributed by atoms with Crippen LogP contribution in [0.4, 0.5) is 0 Å². The van der Waals surface area contributed by atoms with Crippen LogP contribution in [0, 0.1) is 0 Å². The summed E-state index contributed by atoms with van der Waals surface area (Å²) in [6.07, 6.45) is 2.08. The van der Waals surface area contributed by atoms with Gasteiger partial charge >= 0.3 is 5.76 Å². The third-order valence-corrected chi connectivity index (χ3v) is 2.37. The van der Waals surface area contributed by atoms with Crippen LogP contribution < -0.4 is 5.76 Å². The third kappa shape index (κ3) is 2.14. The predicted molar refractivity (Wildman–Crippen MR) is 59.2 cm³/mol. The molecule has 5 nitrogen and oxygen atoms in total. The van der Waals surface area contributed by atoms with Crippen molar-refractivity contribution in [3.05, 3.63) is 28.9 Å². The zero-order valence-corrected chi connectivity index (χ0v) is 9.30. The number of pyridine rings is 1. The Morgan fingerprint density at radius 2 is 2.31 bits per heavy atom. The smallest absolute Gasteiger partial charge is 0.406 e. The number of hydrogen-bond donors (Lipinski definition) is 1. The molecule has 2 rings (SSSR count). The zero-order chi connectivity index (χ0) is 11.8. The molecule has 0 aliphatic heterocycles. The van der Waals surface area contributed by atoms with Crippen molar-refractivity contribution in [2.75, 3.05) is 0 Å². The molecule has 86 valence electrons. The Bertz CT molecular complexity index is 548. The molecule has 0 bridgehead atoms. The maximum atomic E-state index is 11.5. The minimum Gasteiger partial charge on any atom is -0.406 e. The second kappa shape index (κ2) is 3.75. The van der Waals surface area contributed by atoms with E-state index in [1.165, 1.54) is 4.57 Å². The average Bonchev–Trinajstić information content (AvgIpc) is 2.49. The van der Waals surface area contributed by atoms with Gasteiger partial charge in [-0.25, -0.2) is 9.78 Å². The Morgan fingerprint density at radius 3 is 3.00 bits per heavy atom. The van der Waals surface area contributed by atoms with Crippen molar-refractivity contribution in [1.82, 2.24) is 9.55 Å².